The number of aliphatic imine (C=N–C) groups is 1. The Morgan fingerprint density at radius 2 is 2.15 bits per heavy atom. The van der Waals surface area contributed by atoms with E-state index in [0.717, 1.165) is 16.2 Å². The molecule has 0 unspecified atom stereocenters. The zero-order valence-corrected chi connectivity index (χ0v) is 13.3. The number of methoxy groups -OCH3 is 1. The average Bonchev–Trinajstić information content (AvgIpc) is 2.79. The van der Waals surface area contributed by atoms with Crippen molar-refractivity contribution in [3.05, 3.63) is 23.8 Å². The molecule has 0 amide bonds. The Morgan fingerprint density at radius 3 is 2.75 bits per heavy atom. The first-order chi connectivity index (χ1) is 9.57. The van der Waals surface area contributed by atoms with Crippen molar-refractivity contribution in [3.8, 4) is 5.75 Å². The summed E-state index contributed by atoms with van der Waals surface area (Å²) in [6.07, 6.45) is 2.03. The Labute approximate surface area is 124 Å². The lowest BCUT2D eigenvalue weighted by Gasteiger charge is -2.13. The monoisotopic (exact) mass is 295 g/mol. The zero-order chi connectivity index (χ0) is 14.6. The molecule has 0 fully saturated rings. The molecular formula is C15H21NO3S. The third-order valence-electron chi connectivity index (χ3n) is 2.92. The summed E-state index contributed by atoms with van der Waals surface area (Å²) in [7, 11) is 1.67. The van der Waals surface area contributed by atoms with Crippen LogP contribution in [-0.4, -0.2) is 44.6 Å². The van der Waals surface area contributed by atoms with Gasteiger partial charge < -0.3 is 14.2 Å². The van der Waals surface area contributed by atoms with Gasteiger partial charge in [-0.25, -0.2) is 4.99 Å². The van der Waals surface area contributed by atoms with E-state index in [2.05, 4.69) is 18.8 Å². The summed E-state index contributed by atoms with van der Waals surface area (Å²) in [5.41, 5.74) is 0.843. The van der Waals surface area contributed by atoms with Crippen molar-refractivity contribution >= 4 is 17.7 Å². The molecule has 0 bridgehead atoms. The van der Waals surface area contributed by atoms with Gasteiger partial charge in [-0.1, -0.05) is 6.07 Å². The second-order valence-corrected chi connectivity index (χ2v) is 6.01. The molecule has 0 saturated heterocycles. The highest BCUT2D eigenvalue weighted by atomic mass is 32.2. The predicted octanol–water partition coefficient (Wildman–Crippen LogP) is 2.99. The van der Waals surface area contributed by atoms with Crippen LogP contribution < -0.4 is 4.74 Å². The number of hydrogen-bond donors (Lipinski definition) is 0. The number of ether oxygens (including phenoxy) is 3. The summed E-state index contributed by atoms with van der Waals surface area (Å²) < 4.78 is 16.5. The molecule has 0 radical (unpaired) electrons. The van der Waals surface area contributed by atoms with Gasteiger partial charge in [0.1, 0.15) is 19.0 Å². The maximum atomic E-state index is 5.76. The molecule has 1 aliphatic heterocycles. The maximum absolute atomic E-state index is 5.76. The minimum atomic E-state index is -0.155. The Kier molecular flexibility index (Phi) is 4.94. The van der Waals surface area contributed by atoms with Crippen LogP contribution in [0.1, 0.15) is 19.4 Å². The van der Waals surface area contributed by atoms with Gasteiger partial charge in [0.2, 0.25) is 5.90 Å². The summed E-state index contributed by atoms with van der Waals surface area (Å²) >= 11 is 1.64. The van der Waals surface area contributed by atoms with Crippen LogP contribution in [0, 0.1) is 0 Å². The molecule has 0 N–H and O–H groups in total. The summed E-state index contributed by atoms with van der Waals surface area (Å²) in [6, 6.07) is 5.95. The molecule has 4 nitrogen and oxygen atoms in total. The van der Waals surface area contributed by atoms with Crippen LogP contribution in [0.4, 0.5) is 0 Å². The molecule has 1 aliphatic rings. The van der Waals surface area contributed by atoms with E-state index in [4.69, 9.17) is 14.2 Å². The molecular weight excluding hydrogens is 274 g/mol. The van der Waals surface area contributed by atoms with Gasteiger partial charge in [0, 0.05) is 7.11 Å². The van der Waals surface area contributed by atoms with Gasteiger partial charge in [-0.05, 0) is 32.2 Å². The number of benzene rings is 1. The molecule has 110 valence electrons. The standard InChI is InChI=1S/C15H21NO3S/c1-15(2)10-19-14(16-15)11-6-5-7-12(13(11)20-4)18-9-8-17-3/h5-7H,8-10H2,1-4H3. The number of nitrogens with zero attached hydrogens (tertiary/aromatic N) is 1. The highest BCUT2D eigenvalue weighted by Crippen LogP contribution is 2.34. The van der Waals surface area contributed by atoms with Crippen molar-refractivity contribution in [3.63, 3.8) is 0 Å². The van der Waals surface area contributed by atoms with E-state index < -0.39 is 0 Å². The van der Waals surface area contributed by atoms with Crippen molar-refractivity contribution in [1.82, 2.24) is 0 Å². The first kappa shape index (κ1) is 15.2. The lowest BCUT2D eigenvalue weighted by Crippen LogP contribution is -2.17. The van der Waals surface area contributed by atoms with Gasteiger partial charge in [0.15, 0.2) is 0 Å². The first-order valence-electron chi connectivity index (χ1n) is 6.59. The topological polar surface area (TPSA) is 40.0 Å². The van der Waals surface area contributed by atoms with E-state index in [1.165, 1.54) is 0 Å². The van der Waals surface area contributed by atoms with Crippen molar-refractivity contribution in [2.24, 2.45) is 4.99 Å². The molecule has 0 spiro atoms. The summed E-state index contributed by atoms with van der Waals surface area (Å²) in [6.45, 7) is 5.86. The van der Waals surface area contributed by atoms with E-state index >= 15 is 0 Å². The number of thioether (sulfide) groups is 1. The summed E-state index contributed by atoms with van der Waals surface area (Å²) in [4.78, 5) is 5.69. The Morgan fingerprint density at radius 1 is 1.35 bits per heavy atom. The molecule has 1 aromatic rings. The molecule has 5 heteroatoms. The zero-order valence-electron chi connectivity index (χ0n) is 12.4. The normalized spacial score (nSPS) is 16.7. The number of rotatable bonds is 6. The molecule has 1 aromatic carbocycles. The highest BCUT2D eigenvalue weighted by molar-refractivity contribution is 7.98. The first-order valence-corrected chi connectivity index (χ1v) is 7.81. The van der Waals surface area contributed by atoms with Gasteiger partial charge >= 0.3 is 0 Å². The second kappa shape index (κ2) is 6.50. The van der Waals surface area contributed by atoms with Crippen LogP contribution in [0.3, 0.4) is 0 Å². The SMILES string of the molecule is COCCOc1cccc(C2=NC(C)(C)CO2)c1SC. The molecule has 0 aliphatic carbocycles. The van der Waals surface area contributed by atoms with Crippen LogP contribution in [0.5, 0.6) is 5.75 Å². The van der Waals surface area contributed by atoms with Gasteiger partial charge in [-0.2, -0.15) is 0 Å². The third-order valence-corrected chi connectivity index (χ3v) is 3.75. The van der Waals surface area contributed by atoms with E-state index in [9.17, 15) is 0 Å². The van der Waals surface area contributed by atoms with E-state index in [1.807, 2.05) is 24.5 Å². The molecule has 0 aromatic heterocycles. The molecule has 0 atom stereocenters. The number of hydrogen-bond acceptors (Lipinski definition) is 5. The maximum Gasteiger partial charge on any atom is 0.218 e. The fourth-order valence-electron chi connectivity index (χ4n) is 1.97. The van der Waals surface area contributed by atoms with Gasteiger partial charge in [-0.15, -0.1) is 11.8 Å². The molecule has 0 saturated carbocycles. The second-order valence-electron chi connectivity index (χ2n) is 5.20. The average molecular weight is 295 g/mol. The molecule has 20 heavy (non-hydrogen) atoms. The minimum absolute atomic E-state index is 0.155. The van der Waals surface area contributed by atoms with E-state index in [0.29, 0.717) is 25.7 Å². The van der Waals surface area contributed by atoms with Crippen LogP contribution in [0.2, 0.25) is 0 Å². The van der Waals surface area contributed by atoms with Gasteiger partial charge in [0.05, 0.1) is 22.6 Å². The smallest absolute Gasteiger partial charge is 0.218 e. The Hall–Kier alpha value is -1.20. The van der Waals surface area contributed by atoms with Crippen molar-refractivity contribution in [2.75, 3.05) is 33.2 Å². The van der Waals surface area contributed by atoms with Crippen LogP contribution in [0.25, 0.3) is 0 Å². The van der Waals surface area contributed by atoms with Gasteiger partial charge in [0.25, 0.3) is 0 Å². The van der Waals surface area contributed by atoms with Crippen molar-refractivity contribution in [2.45, 2.75) is 24.3 Å². The molecule has 1 heterocycles. The van der Waals surface area contributed by atoms with Crippen LogP contribution in [0.15, 0.2) is 28.1 Å². The molecule has 2 rings (SSSR count). The fourth-order valence-corrected chi connectivity index (χ4v) is 2.67. The largest absolute Gasteiger partial charge is 0.490 e. The van der Waals surface area contributed by atoms with Crippen LogP contribution in [-0.2, 0) is 9.47 Å². The van der Waals surface area contributed by atoms with Gasteiger partial charge in [-0.3, -0.25) is 0 Å². The summed E-state index contributed by atoms with van der Waals surface area (Å²) in [5.74, 6) is 1.56. The van der Waals surface area contributed by atoms with E-state index in [1.54, 1.807) is 18.9 Å². The lowest BCUT2D eigenvalue weighted by molar-refractivity contribution is 0.145. The predicted molar refractivity (Wildman–Crippen MR) is 82.2 cm³/mol. The minimum Gasteiger partial charge on any atom is -0.490 e. The van der Waals surface area contributed by atoms with Crippen LogP contribution >= 0.6 is 11.8 Å². The van der Waals surface area contributed by atoms with Crippen molar-refractivity contribution in [1.29, 1.82) is 0 Å². The fraction of sp³-hybridized carbons (Fsp3) is 0.533. The highest BCUT2D eigenvalue weighted by Gasteiger charge is 2.28. The lowest BCUT2D eigenvalue weighted by atomic mass is 10.1. The Bertz CT molecular complexity index is 500. The Balaban J connectivity index is 2.27. The van der Waals surface area contributed by atoms with Crippen molar-refractivity contribution < 1.29 is 14.2 Å². The quantitative estimate of drug-likeness (QED) is 0.597. The summed E-state index contributed by atoms with van der Waals surface area (Å²) in [5, 5.41) is 0. The third kappa shape index (κ3) is 3.46. The van der Waals surface area contributed by atoms with E-state index in [-0.39, 0.29) is 5.54 Å².